The van der Waals surface area contributed by atoms with Crippen molar-refractivity contribution in [3.63, 3.8) is 0 Å². The third-order valence-corrected chi connectivity index (χ3v) is 8.10. The van der Waals surface area contributed by atoms with Gasteiger partial charge in [0, 0.05) is 24.6 Å². The lowest BCUT2D eigenvalue weighted by Gasteiger charge is -2.43. The molecule has 0 saturated heterocycles. The largest absolute Gasteiger partial charge is 0.573 e. The lowest BCUT2D eigenvalue weighted by atomic mass is 9.79. The van der Waals surface area contributed by atoms with Crippen LogP contribution in [0.1, 0.15) is 63.9 Å². The molecule has 1 saturated carbocycles. The number of carboxylic acid groups (broad SMARTS) is 1. The number of aromatic amines is 1. The van der Waals surface area contributed by atoms with Gasteiger partial charge < -0.3 is 19.5 Å². The van der Waals surface area contributed by atoms with E-state index in [0.29, 0.717) is 42.0 Å². The average molecular weight is 638 g/mol. The molecule has 46 heavy (non-hydrogen) atoms. The van der Waals surface area contributed by atoms with Gasteiger partial charge in [-0.2, -0.15) is 5.21 Å². The summed E-state index contributed by atoms with van der Waals surface area (Å²) < 4.78 is 48.1. The number of alkyl halides is 3. The third-order valence-electron chi connectivity index (χ3n) is 8.10. The number of carbonyl (C=O) groups excluding carboxylic acids is 1. The molecule has 0 atom stereocenters. The second kappa shape index (κ2) is 14.0. The fraction of sp³-hybridized carbons (Fsp3) is 0.364. The number of hydrogen-bond donors (Lipinski definition) is 2. The fourth-order valence-corrected chi connectivity index (χ4v) is 5.82. The standard InChI is InChI=1S/C33H34F3N5O5/c1-2-3-10-29(42)41(32(31(43)44)17-5-4-6-18-32)21-22-11-13-23(14-12-22)28-20-25(15-16-27(28)30-37-39-40-38-30)45-24-8-7-9-26(19-24)46-33(34,35)36/h7-9,11-16,19-20H,2-6,10,17-18,21H2,1H3,(H,43,44)(H,37,38,39,40). The molecule has 0 radical (unpaired) electrons. The van der Waals surface area contributed by atoms with E-state index in [1.54, 1.807) is 23.1 Å². The van der Waals surface area contributed by atoms with E-state index < -0.39 is 23.6 Å². The third kappa shape index (κ3) is 7.64. The van der Waals surface area contributed by atoms with Crippen LogP contribution in [0.3, 0.4) is 0 Å². The van der Waals surface area contributed by atoms with Crippen LogP contribution in [0.2, 0.25) is 0 Å². The predicted octanol–water partition coefficient (Wildman–Crippen LogP) is 7.53. The van der Waals surface area contributed by atoms with Crippen molar-refractivity contribution in [2.45, 2.75) is 76.7 Å². The minimum Gasteiger partial charge on any atom is -0.479 e. The van der Waals surface area contributed by atoms with Gasteiger partial charge in [0.1, 0.15) is 22.8 Å². The van der Waals surface area contributed by atoms with Crippen molar-refractivity contribution < 1.29 is 37.3 Å². The second-order valence-electron chi connectivity index (χ2n) is 11.2. The molecule has 1 aliphatic rings. The average Bonchev–Trinajstić information content (AvgIpc) is 3.57. The Balaban J connectivity index is 1.45. The number of aromatic nitrogens is 4. The molecule has 0 bridgehead atoms. The topological polar surface area (TPSA) is 131 Å². The molecule has 1 heterocycles. The van der Waals surface area contributed by atoms with Gasteiger partial charge in [-0.3, -0.25) is 4.79 Å². The van der Waals surface area contributed by atoms with Gasteiger partial charge in [-0.05, 0) is 71.5 Å². The summed E-state index contributed by atoms with van der Waals surface area (Å²) in [5.74, 6) is -0.749. The van der Waals surface area contributed by atoms with Crippen LogP contribution in [-0.4, -0.2) is 54.4 Å². The molecule has 1 aliphatic carbocycles. The molecule has 0 spiro atoms. The van der Waals surface area contributed by atoms with E-state index in [4.69, 9.17) is 4.74 Å². The first kappa shape index (κ1) is 32.5. The molecule has 5 rings (SSSR count). The van der Waals surface area contributed by atoms with Crippen molar-refractivity contribution in [3.05, 3.63) is 72.3 Å². The Hall–Kier alpha value is -4.94. The van der Waals surface area contributed by atoms with Gasteiger partial charge in [-0.15, -0.1) is 23.4 Å². The summed E-state index contributed by atoms with van der Waals surface area (Å²) in [6.45, 7) is 2.15. The number of rotatable bonds is 12. The van der Waals surface area contributed by atoms with E-state index in [-0.39, 0.29) is 24.6 Å². The molecule has 4 aromatic rings. The van der Waals surface area contributed by atoms with Gasteiger partial charge in [0.05, 0.1) is 0 Å². The highest BCUT2D eigenvalue weighted by Crippen LogP contribution is 2.38. The Bertz CT molecular complexity index is 1640. The van der Waals surface area contributed by atoms with Crippen LogP contribution >= 0.6 is 0 Å². The summed E-state index contributed by atoms with van der Waals surface area (Å²) in [6.07, 6.45) is 0.241. The number of H-pyrrole nitrogens is 1. The number of ether oxygens (including phenoxy) is 2. The van der Waals surface area contributed by atoms with Crippen molar-refractivity contribution in [2.75, 3.05) is 0 Å². The van der Waals surface area contributed by atoms with E-state index in [1.807, 2.05) is 31.2 Å². The van der Waals surface area contributed by atoms with Crippen molar-refractivity contribution in [1.82, 2.24) is 25.5 Å². The van der Waals surface area contributed by atoms with Crippen molar-refractivity contribution in [3.8, 4) is 39.8 Å². The fourth-order valence-electron chi connectivity index (χ4n) is 5.82. The number of carbonyl (C=O) groups is 2. The van der Waals surface area contributed by atoms with Gasteiger partial charge in [0.2, 0.25) is 11.7 Å². The number of unbranched alkanes of at least 4 members (excludes halogenated alkanes) is 1. The van der Waals surface area contributed by atoms with E-state index in [0.717, 1.165) is 42.9 Å². The summed E-state index contributed by atoms with van der Waals surface area (Å²) in [5.41, 5.74) is 1.54. The minimum atomic E-state index is -4.84. The Morgan fingerprint density at radius 2 is 1.67 bits per heavy atom. The number of nitrogens with one attached hydrogen (secondary N) is 1. The maximum Gasteiger partial charge on any atom is 0.573 e. The highest BCUT2D eigenvalue weighted by molar-refractivity contribution is 5.87. The Morgan fingerprint density at radius 1 is 0.957 bits per heavy atom. The summed E-state index contributed by atoms with van der Waals surface area (Å²) in [7, 11) is 0. The van der Waals surface area contributed by atoms with Crippen LogP contribution in [0.15, 0.2) is 66.7 Å². The summed E-state index contributed by atoms with van der Waals surface area (Å²) >= 11 is 0. The number of hydrogen-bond acceptors (Lipinski definition) is 7. The zero-order chi connectivity index (χ0) is 32.7. The summed E-state index contributed by atoms with van der Waals surface area (Å²) in [6, 6.07) is 17.7. The van der Waals surface area contributed by atoms with E-state index >= 15 is 0 Å². The van der Waals surface area contributed by atoms with Crippen LogP contribution in [0.25, 0.3) is 22.5 Å². The van der Waals surface area contributed by atoms with Gasteiger partial charge in [-0.1, -0.05) is 62.9 Å². The molecule has 0 aliphatic heterocycles. The molecule has 13 heteroatoms. The molecule has 242 valence electrons. The number of amides is 1. The van der Waals surface area contributed by atoms with Gasteiger partial charge >= 0.3 is 12.3 Å². The van der Waals surface area contributed by atoms with Crippen LogP contribution < -0.4 is 9.47 Å². The van der Waals surface area contributed by atoms with Crippen molar-refractivity contribution >= 4 is 11.9 Å². The second-order valence-corrected chi connectivity index (χ2v) is 11.2. The maximum atomic E-state index is 13.4. The van der Waals surface area contributed by atoms with Crippen molar-refractivity contribution in [2.24, 2.45) is 0 Å². The van der Waals surface area contributed by atoms with E-state index in [2.05, 4.69) is 25.4 Å². The van der Waals surface area contributed by atoms with Gasteiger partial charge in [-0.25, -0.2) is 4.79 Å². The SMILES string of the molecule is CCCCC(=O)N(Cc1ccc(-c2cc(Oc3cccc(OC(F)(F)F)c3)ccc2-c2nn[nH]n2)cc1)C1(C(=O)O)CCCCC1. The number of nitrogens with zero attached hydrogens (tertiary/aromatic N) is 4. The number of halogens is 3. The molecule has 1 amide bonds. The Labute approximate surface area is 263 Å². The zero-order valence-electron chi connectivity index (χ0n) is 25.2. The lowest BCUT2D eigenvalue weighted by molar-refractivity contribution is -0.274. The molecule has 0 unspecified atom stereocenters. The maximum absolute atomic E-state index is 13.4. The van der Waals surface area contributed by atoms with Crippen LogP contribution in [0, 0.1) is 0 Å². The number of carboxylic acids is 1. The Morgan fingerprint density at radius 3 is 2.33 bits per heavy atom. The number of benzene rings is 3. The van der Waals surface area contributed by atoms with Crippen LogP contribution in [0.5, 0.6) is 17.2 Å². The number of aliphatic carboxylic acids is 1. The summed E-state index contributed by atoms with van der Waals surface area (Å²) in [5, 5.41) is 24.6. The lowest BCUT2D eigenvalue weighted by Crippen LogP contribution is -2.57. The molecule has 10 nitrogen and oxygen atoms in total. The first-order chi connectivity index (χ1) is 22.1. The number of tetrazole rings is 1. The molecule has 3 aromatic carbocycles. The molecule has 1 fully saturated rings. The van der Waals surface area contributed by atoms with Gasteiger partial charge in [0.25, 0.3) is 0 Å². The first-order valence-corrected chi connectivity index (χ1v) is 15.1. The molecular formula is C33H34F3N5O5. The molecule has 1 aromatic heterocycles. The normalized spacial score (nSPS) is 14.4. The van der Waals surface area contributed by atoms with Crippen molar-refractivity contribution in [1.29, 1.82) is 0 Å². The van der Waals surface area contributed by atoms with Crippen LogP contribution in [-0.2, 0) is 16.1 Å². The molecule has 2 N–H and O–H groups in total. The van der Waals surface area contributed by atoms with Gasteiger partial charge in [0.15, 0.2) is 0 Å². The zero-order valence-corrected chi connectivity index (χ0v) is 25.2. The molecular weight excluding hydrogens is 603 g/mol. The van der Waals surface area contributed by atoms with Crippen LogP contribution in [0.4, 0.5) is 13.2 Å². The smallest absolute Gasteiger partial charge is 0.479 e. The first-order valence-electron chi connectivity index (χ1n) is 15.1. The van der Waals surface area contributed by atoms with E-state index in [1.165, 1.54) is 18.2 Å². The highest BCUT2D eigenvalue weighted by Gasteiger charge is 2.47. The Kier molecular flexibility index (Phi) is 9.88. The van der Waals surface area contributed by atoms with E-state index in [9.17, 15) is 27.9 Å². The predicted molar refractivity (Wildman–Crippen MR) is 162 cm³/mol. The summed E-state index contributed by atoms with van der Waals surface area (Å²) in [4.78, 5) is 27.6. The highest BCUT2D eigenvalue weighted by atomic mass is 19.4. The minimum absolute atomic E-state index is 0.137. The monoisotopic (exact) mass is 637 g/mol. The quantitative estimate of drug-likeness (QED) is 0.163.